The van der Waals surface area contributed by atoms with Gasteiger partial charge in [0, 0.05) is 6.54 Å². The van der Waals surface area contributed by atoms with Gasteiger partial charge in [-0.05, 0) is 37.5 Å². The fourth-order valence-corrected chi connectivity index (χ4v) is 3.43. The van der Waals surface area contributed by atoms with Gasteiger partial charge in [0.25, 0.3) is 0 Å². The first-order valence-corrected chi connectivity index (χ1v) is 12.6. The van der Waals surface area contributed by atoms with E-state index in [-0.39, 0.29) is 17.2 Å². The number of nitrogens with one attached hydrogen (secondary N) is 1. The topological polar surface area (TPSA) is 39.7 Å². The minimum absolute atomic E-state index is 0.0934. The average Bonchev–Trinajstić information content (AvgIpc) is 2.94. The molecule has 1 aliphatic rings. The van der Waals surface area contributed by atoms with E-state index in [1.165, 1.54) is 5.56 Å². The Morgan fingerprint density at radius 2 is 1.93 bits per heavy atom. The van der Waals surface area contributed by atoms with Crippen molar-refractivity contribution in [1.29, 1.82) is 0 Å². The van der Waals surface area contributed by atoms with Gasteiger partial charge in [0.2, 0.25) is 0 Å². The molecule has 0 aliphatic carbocycles. The number of benzene rings is 1. The average molecular weight is 390 g/mol. The summed E-state index contributed by atoms with van der Waals surface area (Å²) in [6.45, 7) is 16.8. The van der Waals surface area contributed by atoms with E-state index >= 15 is 0 Å². The van der Waals surface area contributed by atoms with Gasteiger partial charge in [0.1, 0.15) is 6.10 Å². The molecular formula is C22H35NO3Si. The molecule has 1 aliphatic heterocycles. The summed E-state index contributed by atoms with van der Waals surface area (Å²) in [5.41, 5.74) is 1.22. The van der Waals surface area contributed by atoms with Gasteiger partial charge in [-0.25, -0.2) is 0 Å². The number of hydrogen-bond acceptors (Lipinski definition) is 4. The Balaban J connectivity index is 2.00. The van der Waals surface area contributed by atoms with Gasteiger partial charge in [-0.2, -0.15) is 0 Å². The summed E-state index contributed by atoms with van der Waals surface area (Å²) in [7, 11) is -1.78. The third-order valence-electron chi connectivity index (χ3n) is 5.34. The molecule has 0 radical (unpaired) electrons. The summed E-state index contributed by atoms with van der Waals surface area (Å²) in [5.74, 6) is 5.98. The Kier molecular flexibility index (Phi) is 7.29. The normalized spacial score (nSPS) is 20.8. The summed E-state index contributed by atoms with van der Waals surface area (Å²) >= 11 is 0. The van der Waals surface area contributed by atoms with E-state index < -0.39 is 14.1 Å². The van der Waals surface area contributed by atoms with Crippen molar-refractivity contribution in [2.45, 2.75) is 77.2 Å². The lowest BCUT2D eigenvalue weighted by Crippen LogP contribution is -2.41. The van der Waals surface area contributed by atoms with Crippen LogP contribution < -0.4 is 5.32 Å². The molecule has 1 N–H and O–H groups in total. The highest BCUT2D eigenvalue weighted by molar-refractivity contribution is 6.74. The summed E-state index contributed by atoms with van der Waals surface area (Å²) < 4.78 is 17.9. The van der Waals surface area contributed by atoms with E-state index in [2.05, 4.69) is 63.2 Å². The summed E-state index contributed by atoms with van der Waals surface area (Å²) in [4.78, 5) is 0. The van der Waals surface area contributed by atoms with E-state index in [1.807, 2.05) is 32.0 Å². The molecular weight excluding hydrogens is 354 g/mol. The molecule has 0 spiro atoms. The molecule has 2 rings (SSSR count). The lowest BCUT2D eigenvalue weighted by Gasteiger charge is -2.35. The monoisotopic (exact) mass is 389 g/mol. The smallest absolute Gasteiger partial charge is 0.193 e. The van der Waals surface area contributed by atoms with E-state index in [1.54, 1.807) is 0 Å². The van der Waals surface area contributed by atoms with Crippen LogP contribution in [0.2, 0.25) is 18.1 Å². The van der Waals surface area contributed by atoms with Gasteiger partial charge in [0.05, 0.1) is 19.3 Å². The zero-order valence-corrected chi connectivity index (χ0v) is 18.9. The number of ether oxygens (including phenoxy) is 2. The molecule has 150 valence electrons. The van der Waals surface area contributed by atoms with Crippen LogP contribution in [-0.4, -0.2) is 39.5 Å². The molecule has 1 heterocycles. The van der Waals surface area contributed by atoms with Crippen molar-refractivity contribution < 1.29 is 13.9 Å². The van der Waals surface area contributed by atoms with Gasteiger partial charge >= 0.3 is 0 Å². The van der Waals surface area contributed by atoms with Gasteiger partial charge in [-0.15, -0.1) is 0 Å². The van der Waals surface area contributed by atoms with Crippen LogP contribution in [0.25, 0.3) is 0 Å². The molecule has 0 amide bonds. The van der Waals surface area contributed by atoms with Crippen molar-refractivity contribution in [2.75, 3.05) is 13.2 Å². The maximum atomic E-state index is 6.18. The molecule has 0 unspecified atom stereocenters. The summed E-state index contributed by atoms with van der Waals surface area (Å²) in [6, 6.07) is 10.2. The SMILES string of the molecule is CC1(C)OC[C@H]([C@H](C#CCO[Si](C)(C)C(C)(C)C)NCc2ccccc2)O1. The molecule has 0 aromatic heterocycles. The fraction of sp³-hybridized carbons (Fsp3) is 0.636. The largest absolute Gasteiger partial charge is 0.406 e. The first-order valence-electron chi connectivity index (χ1n) is 9.72. The molecule has 4 nitrogen and oxygen atoms in total. The highest BCUT2D eigenvalue weighted by Crippen LogP contribution is 2.36. The maximum absolute atomic E-state index is 6.18. The third kappa shape index (κ3) is 6.74. The van der Waals surface area contributed by atoms with Crippen LogP contribution in [0.4, 0.5) is 0 Å². The number of hydrogen-bond donors (Lipinski definition) is 1. The Morgan fingerprint density at radius 3 is 2.48 bits per heavy atom. The first-order chi connectivity index (χ1) is 12.5. The quantitative estimate of drug-likeness (QED) is 0.581. The van der Waals surface area contributed by atoms with Crippen LogP contribution >= 0.6 is 0 Å². The number of rotatable bonds is 6. The molecule has 2 atom stereocenters. The van der Waals surface area contributed by atoms with Crippen molar-refractivity contribution in [3.8, 4) is 11.8 Å². The lowest BCUT2D eigenvalue weighted by molar-refractivity contribution is -0.139. The van der Waals surface area contributed by atoms with Crippen LogP contribution in [0.3, 0.4) is 0 Å². The van der Waals surface area contributed by atoms with Crippen LogP contribution in [0.15, 0.2) is 30.3 Å². The zero-order valence-electron chi connectivity index (χ0n) is 17.9. The molecule has 1 saturated heterocycles. The zero-order chi connectivity index (χ0) is 20.1. The second kappa shape index (κ2) is 8.89. The Morgan fingerprint density at radius 1 is 1.26 bits per heavy atom. The van der Waals surface area contributed by atoms with Gasteiger partial charge in [0.15, 0.2) is 14.1 Å². The molecule has 1 aromatic rings. The van der Waals surface area contributed by atoms with Crippen molar-refractivity contribution in [3.63, 3.8) is 0 Å². The van der Waals surface area contributed by atoms with E-state index in [9.17, 15) is 0 Å². The van der Waals surface area contributed by atoms with Gasteiger partial charge < -0.3 is 13.9 Å². The van der Waals surface area contributed by atoms with Crippen LogP contribution in [0, 0.1) is 11.8 Å². The van der Waals surface area contributed by atoms with Crippen molar-refractivity contribution >= 4 is 8.32 Å². The Bertz CT molecular complexity index is 656. The first kappa shape index (κ1) is 22.1. The minimum atomic E-state index is -1.78. The Labute approximate surface area is 166 Å². The van der Waals surface area contributed by atoms with E-state index in [0.29, 0.717) is 13.2 Å². The van der Waals surface area contributed by atoms with Crippen LogP contribution in [-0.2, 0) is 20.4 Å². The van der Waals surface area contributed by atoms with Gasteiger partial charge in [-0.1, -0.05) is 62.9 Å². The predicted octanol–water partition coefficient (Wildman–Crippen LogP) is 4.32. The maximum Gasteiger partial charge on any atom is 0.193 e. The fourth-order valence-electron chi connectivity index (χ4n) is 2.56. The second-order valence-corrected chi connectivity index (χ2v) is 13.9. The molecule has 1 aromatic carbocycles. The van der Waals surface area contributed by atoms with Crippen LogP contribution in [0.5, 0.6) is 0 Å². The summed E-state index contributed by atoms with van der Waals surface area (Å²) in [5, 5.41) is 3.71. The van der Waals surface area contributed by atoms with Crippen molar-refractivity contribution in [3.05, 3.63) is 35.9 Å². The standard InChI is InChI=1S/C22H35NO3Si/c1-21(2,3)27(6,7)25-15-11-14-19(20-17-24-22(4,5)26-20)23-16-18-12-9-8-10-13-18/h8-10,12-13,19-20,23H,15-17H2,1-7H3/t19-,20+/m0/s1. The van der Waals surface area contributed by atoms with Crippen molar-refractivity contribution in [1.82, 2.24) is 5.32 Å². The third-order valence-corrected chi connectivity index (χ3v) is 9.82. The second-order valence-electron chi connectivity index (χ2n) is 9.08. The van der Waals surface area contributed by atoms with E-state index in [0.717, 1.165) is 6.54 Å². The minimum Gasteiger partial charge on any atom is -0.406 e. The summed E-state index contributed by atoms with van der Waals surface area (Å²) in [6.07, 6.45) is -0.0934. The molecule has 0 saturated carbocycles. The molecule has 1 fully saturated rings. The molecule has 5 heteroatoms. The highest BCUT2D eigenvalue weighted by Gasteiger charge is 2.38. The molecule has 0 bridgehead atoms. The van der Waals surface area contributed by atoms with Gasteiger partial charge in [-0.3, -0.25) is 5.32 Å². The van der Waals surface area contributed by atoms with E-state index in [4.69, 9.17) is 13.9 Å². The Hall–Kier alpha value is -1.16. The predicted molar refractivity (Wildman–Crippen MR) is 113 cm³/mol. The van der Waals surface area contributed by atoms with Crippen LogP contribution in [0.1, 0.15) is 40.2 Å². The molecule has 27 heavy (non-hydrogen) atoms. The van der Waals surface area contributed by atoms with Crippen molar-refractivity contribution in [2.24, 2.45) is 0 Å². The highest BCUT2D eigenvalue weighted by atomic mass is 28.4. The lowest BCUT2D eigenvalue weighted by atomic mass is 10.1.